The molecule has 0 bridgehead atoms. The number of ether oxygens (including phenoxy) is 1. The molecule has 1 aliphatic heterocycles. The Morgan fingerprint density at radius 3 is 3.13 bits per heavy atom. The van der Waals surface area contributed by atoms with Crippen LogP contribution in [0.2, 0.25) is 0 Å². The molecule has 1 atom stereocenters. The molecule has 1 heterocycles. The Bertz CT molecular complexity index is 393. The third-order valence-corrected chi connectivity index (χ3v) is 2.82. The number of amides is 1. The predicted octanol–water partition coefficient (Wildman–Crippen LogP) is 2.78. The molecular weight excluding hydrogens is 190 g/mol. The number of carbonyl (C=O) groups excluding carboxylic acids is 1. The van der Waals surface area contributed by atoms with Crippen LogP contribution in [0.25, 0.3) is 0 Å². The van der Waals surface area contributed by atoms with E-state index in [9.17, 15) is 4.79 Å². The molecule has 0 aromatic heterocycles. The Hall–Kier alpha value is -1.51. The highest BCUT2D eigenvalue weighted by molar-refractivity contribution is 5.95. The zero-order valence-electron chi connectivity index (χ0n) is 9.04. The molecule has 3 nitrogen and oxygen atoms in total. The van der Waals surface area contributed by atoms with E-state index in [2.05, 4.69) is 25.2 Å². The van der Waals surface area contributed by atoms with Gasteiger partial charge in [0.2, 0.25) is 0 Å². The molecule has 1 aromatic rings. The number of rotatable bonds is 2. The smallest absolute Gasteiger partial charge is 0.262 e. The molecular formula is C12H17NO2. The number of fused-ring (bicyclic) bond motifs is 1. The first-order chi connectivity index (χ1) is 7.20. The highest BCUT2D eigenvalue weighted by Crippen LogP contribution is 2.31. The third kappa shape index (κ3) is 1.96. The fourth-order valence-corrected chi connectivity index (χ4v) is 1.64. The monoisotopic (exact) mass is 207 g/mol. The van der Waals surface area contributed by atoms with E-state index >= 15 is 0 Å². The van der Waals surface area contributed by atoms with Gasteiger partial charge in [-0.15, -0.1) is 0 Å². The Balaban J connectivity index is 0.00000128. The van der Waals surface area contributed by atoms with E-state index in [1.165, 1.54) is 5.56 Å². The van der Waals surface area contributed by atoms with Gasteiger partial charge in [0.15, 0.2) is 6.61 Å². The van der Waals surface area contributed by atoms with Gasteiger partial charge in [0.05, 0.1) is 5.69 Å². The maximum absolute atomic E-state index is 11.1. The molecule has 1 amide bonds. The quantitative estimate of drug-likeness (QED) is 0.809. The summed E-state index contributed by atoms with van der Waals surface area (Å²) in [5.41, 5.74) is 2.03. The van der Waals surface area contributed by atoms with Crippen LogP contribution in [0.1, 0.15) is 33.2 Å². The third-order valence-electron chi connectivity index (χ3n) is 2.82. The maximum Gasteiger partial charge on any atom is 0.262 e. The average Bonchev–Trinajstić information content (AvgIpc) is 2.27. The lowest BCUT2D eigenvalue weighted by molar-refractivity contribution is -0.118. The first-order valence-corrected chi connectivity index (χ1v) is 5.27. The summed E-state index contributed by atoms with van der Waals surface area (Å²) in [6.45, 7) is 4.45. The van der Waals surface area contributed by atoms with E-state index in [1.807, 2.05) is 12.1 Å². The predicted molar refractivity (Wildman–Crippen MR) is 61.4 cm³/mol. The van der Waals surface area contributed by atoms with Crippen LogP contribution in [-0.4, -0.2) is 12.5 Å². The van der Waals surface area contributed by atoms with Crippen molar-refractivity contribution < 1.29 is 11.0 Å². The van der Waals surface area contributed by atoms with Gasteiger partial charge in [-0.2, -0.15) is 0 Å². The van der Waals surface area contributed by atoms with Gasteiger partial charge in [-0.3, -0.25) is 4.79 Å². The zero-order chi connectivity index (χ0) is 10.8. The average molecular weight is 207 g/mol. The molecule has 0 saturated heterocycles. The van der Waals surface area contributed by atoms with Crippen LogP contribution in [0.15, 0.2) is 18.2 Å². The van der Waals surface area contributed by atoms with E-state index in [-0.39, 0.29) is 13.9 Å². The topological polar surface area (TPSA) is 38.3 Å². The van der Waals surface area contributed by atoms with Crippen LogP contribution in [0.5, 0.6) is 5.75 Å². The lowest BCUT2D eigenvalue weighted by Gasteiger charge is -2.19. The molecule has 0 aliphatic carbocycles. The van der Waals surface area contributed by atoms with Crippen molar-refractivity contribution in [3.63, 3.8) is 0 Å². The van der Waals surface area contributed by atoms with E-state index in [4.69, 9.17) is 4.74 Å². The fraction of sp³-hybridized carbons (Fsp3) is 0.417. The van der Waals surface area contributed by atoms with Crippen molar-refractivity contribution in [3.8, 4) is 5.75 Å². The minimum atomic E-state index is -0.0798. The van der Waals surface area contributed by atoms with Gasteiger partial charge in [0.1, 0.15) is 5.75 Å². The van der Waals surface area contributed by atoms with Gasteiger partial charge in [0, 0.05) is 1.43 Å². The van der Waals surface area contributed by atoms with Gasteiger partial charge in [-0.05, 0) is 30.0 Å². The van der Waals surface area contributed by atoms with Crippen molar-refractivity contribution >= 4 is 11.6 Å². The van der Waals surface area contributed by atoms with Gasteiger partial charge >= 0.3 is 0 Å². The van der Waals surface area contributed by atoms with Gasteiger partial charge in [-0.25, -0.2) is 0 Å². The second kappa shape index (κ2) is 3.93. The van der Waals surface area contributed by atoms with Crippen molar-refractivity contribution in [2.75, 3.05) is 11.9 Å². The summed E-state index contributed by atoms with van der Waals surface area (Å²) >= 11 is 0. The lowest BCUT2D eigenvalue weighted by atomic mass is 9.98. The van der Waals surface area contributed by atoms with E-state index < -0.39 is 0 Å². The summed E-state index contributed by atoms with van der Waals surface area (Å²) in [5.74, 6) is 1.19. The molecule has 15 heavy (non-hydrogen) atoms. The zero-order valence-corrected chi connectivity index (χ0v) is 9.04. The fourth-order valence-electron chi connectivity index (χ4n) is 1.64. The molecule has 1 aliphatic rings. The van der Waals surface area contributed by atoms with Crippen molar-refractivity contribution in [1.82, 2.24) is 0 Å². The van der Waals surface area contributed by atoms with Crippen molar-refractivity contribution in [2.24, 2.45) is 0 Å². The number of hydrogen-bond acceptors (Lipinski definition) is 2. The standard InChI is InChI=1S/C12H15NO2.H2/c1-3-8(2)9-4-5-11-10(6-9)13-12(14)7-15-11;/h4-6,8H,3,7H2,1-2H3,(H,13,14);1H. The first-order valence-electron chi connectivity index (χ1n) is 5.27. The van der Waals surface area contributed by atoms with Gasteiger partial charge < -0.3 is 10.1 Å². The Kier molecular flexibility index (Phi) is 2.62. The van der Waals surface area contributed by atoms with Crippen LogP contribution in [0, 0.1) is 0 Å². The van der Waals surface area contributed by atoms with Crippen LogP contribution in [0.3, 0.4) is 0 Å². The minimum Gasteiger partial charge on any atom is -0.482 e. The molecule has 1 N–H and O–H groups in total. The number of benzene rings is 1. The molecule has 2 rings (SSSR count). The van der Waals surface area contributed by atoms with Crippen LogP contribution in [0.4, 0.5) is 5.69 Å². The normalized spacial score (nSPS) is 16.3. The van der Waals surface area contributed by atoms with Crippen LogP contribution < -0.4 is 10.1 Å². The summed E-state index contributed by atoms with van der Waals surface area (Å²) in [6.07, 6.45) is 1.09. The SMILES string of the molecule is CCC(C)c1ccc2c(c1)NC(=O)CO2.[HH]. The Morgan fingerprint density at radius 2 is 2.40 bits per heavy atom. The van der Waals surface area contributed by atoms with Gasteiger partial charge in [0.25, 0.3) is 5.91 Å². The number of nitrogens with one attached hydrogen (secondary N) is 1. The number of carbonyl (C=O) groups is 1. The molecule has 0 radical (unpaired) electrons. The Morgan fingerprint density at radius 1 is 1.60 bits per heavy atom. The molecule has 0 saturated carbocycles. The largest absolute Gasteiger partial charge is 0.482 e. The second-order valence-electron chi connectivity index (χ2n) is 3.90. The van der Waals surface area contributed by atoms with Crippen LogP contribution in [-0.2, 0) is 4.79 Å². The van der Waals surface area contributed by atoms with Crippen molar-refractivity contribution in [2.45, 2.75) is 26.2 Å². The summed E-state index contributed by atoms with van der Waals surface area (Å²) in [6, 6.07) is 5.99. The molecule has 1 aromatic carbocycles. The number of anilines is 1. The van der Waals surface area contributed by atoms with E-state index in [1.54, 1.807) is 0 Å². The second-order valence-corrected chi connectivity index (χ2v) is 3.90. The minimum absolute atomic E-state index is 0. The first kappa shape index (κ1) is 10.0. The molecule has 1 unspecified atom stereocenters. The summed E-state index contributed by atoms with van der Waals surface area (Å²) < 4.78 is 5.29. The number of hydrogen-bond donors (Lipinski definition) is 1. The molecule has 82 valence electrons. The van der Waals surface area contributed by atoms with E-state index in [0.717, 1.165) is 17.9 Å². The Labute approximate surface area is 90.9 Å². The summed E-state index contributed by atoms with van der Waals surface area (Å²) in [7, 11) is 0. The van der Waals surface area contributed by atoms with Crippen LogP contribution >= 0.6 is 0 Å². The highest BCUT2D eigenvalue weighted by atomic mass is 16.5. The van der Waals surface area contributed by atoms with Gasteiger partial charge in [-0.1, -0.05) is 19.9 Å². The van der Waals surface area contributed by atoms with E-state index in [0.29, 0.717) is 5.92 Å². The molecule has 0 spiro atoms. The van der Waals surface area contributed by atoms with Crippen molar-refractivity contribution in [1.29, 1.82) is 0 Å². The summed E-state index contributed by atoms with van der Waals surface area (Å²) in [4.78, 5) is 11.1. The van der Waals surface area contributed by atoms with Crippen molar-refractivity contribution in [3.05, 3.63) is 23.8 Å². The molecule has 0 fully saturated rings. The molecule has 3 heteroatoms. The lowest BCUT2D eigenvalue weighted by Crippen LogP contribution is -2.25. The maximum atomic E-state index is 11.1. The summed E-state index contributed by atoms with van der Waals surface area (Å²) in [5, 5.41) is 2.82. The highest BCUT2D eigenvalue weighted by Gasteiger charge is 2.16.